The van der Waals surface area contributed by atoms with Gasteiger partial charge in [-0.1, -0.05) is 36.6 Å². The van der Waals surface area contributed by atoms with Crippen molar-refractivity contribution < 1.29 is 13.2 Å². The van der Waals surface area contributed by atoms with Crippen LogP contribution in [-0.2, 0) is 16.6 Å². The maximum Gasteiger partial charge on any atom is 0.253 e. The van der Waals surface area contributed by atoms with Crippen LogP contribution in [0.3, 0.4) is 0 Å². The SMILES string of the molecule is CN(Cc1ccc(N(C)C)cc1)C(=O)c1ccc(Cl)c(S(=O)(=O)N2CCCCCC2)c1. The van der Waals surface area contributed by atoms with E-state index in [4.69, 9.17) is 11.6 Å². The fourth-order valence-electron chi connectivity index (χ4n) is 3.72. The van der Waals surface area contributed by atoms with E-state index in [0.29, 0.717) is 25.2 Å². The van der Waals surface area contributed by atoms with Gasteiger partial charge in [0.2, 0.25) is 10.0 Å². The van der Waals surface area contributed by atoms with Gasteiger partial charge in [0.25, 0.3) is 5.91 Å². The Labute approximate surface area is 190 Å². The quantitative estimate of drug-likeness (QED) is 0.642. The van der Waals surface area contributed by atoms with E-state index < -0.39 is 10.0 Å². The highest BCUT2D eigenvalue weighted by Gasteiger charge is 2.28. The Morgan fingerprint density at radius 1 is 0.968 bits per heavy atom. The zero-order valence-electron chi connectivity index (χ0n) is 18.3. The topological polar surface area (TPSA) is 60.9 Å². The van der Waals surface area contributed by atoms with Crippen LogP contribution >= 0.6 is 11.6 Å². The van der Waals surface area contributed by atoms with Gasteiger partial charge in [-0.05, 0) is 48.7 Å². The molecule has 0 atom stereocenters. The van der Waals surface area contributed by atoms with Crippen LogP contribution in [0.5, 0.6) is 0 Å². The molecule has 1 fully saturated rings. The summed E-state index contributed by atoms with van der Waals surface area (Å²) in [6.45, 7) is 1.39. The number of halogens is 1. The number of sulfonamides is 1. The molecule has 0 aliphatic carbocycles. The summed E-state index contributed by atoms with van der Waals surface area (Å²) in [6, 6.07) is 12.5. The molecule has 0 unspecified atom stereocenters. The normalized spacial score (nSPS) is 15.4. The standard InChI is InChI=1S/C23H30ClN3O3S/c1-25(2)20-11-8-18(9-12-20)17-26(3)23(28)19-10-13-21(24)22(16-19)31(29,30)27-14-6-4-5-7-15-27/h8-13,16H,4-7,14-15,17H2,1-3H3. The Balaban J connectivity index is 1.80. The van der Waals surface area contributed by atoms with E-state index in [9.17, 15) is 13.2 Å². The maximum atomic E-state index is 13.2. The highest BCUT2D eigenvalue weighted by atomic mass is 35.5. The first-order valence-corrected chi connectivity index (χ1v) is 12.3. The highest BCUT2D eigenvalue weighted by molar-refractivity contribution is 7.89. The van der Waals surface area contributed by atoms with E-state index in [-0.39, 0.29) is 15.8 Å². The average Bonchev–Trinajstić information content (AvgIpc) is 3.04. The lowest BCUT2D eigenvalue weighted by Gasteiger charge is -2.22. The maximum absolute atomic E-state index is 13.2. The lowest BCUT2D eigenvalue weighted by Crippen LogP contribution is -2.32. The van der Waals surface area contributed by atoms with Crippen molar-refractivity contribution in [1.82, 2.24) is 9.21 Å². The fraction of sp³-hybridized carbons (Fsp3) is 0.435. The van der Waals surface area contributed by atoms with Crippen LogP contribution in [0.15, 0.2) is 47.4 Å². The molecule has 168 valence electrons. The molecule has 0 spiro atoms. The third kappa shape index (κ3) is 5.59. The van der Waals surface area contributed by atoms with Gasteiger partial charge >= 0.3 is 0 Å². The van der Waals surface area contributed by atoms with Crippen molar-refractivity contribution in [2.45, 2.75) is 37.1 Å². The molecule has 31 heavy (non-hydrogen) atoms. The molecule has 2 aromatic carbocycles. The Kier molecular flexibility index (Phi) is 7.62. The summed E-state index contributed by atoms with van der Waals surface area (Å²) in [7, 11) is 1.91. The molecule has 1 heterocycles. The number of carbonyl (C=O) groups is 1. The zero-order chi connectivity index (χ0) is 22.6. The Hall–Kier alpha value is -2.09. The van der Waals surface area contributed by atoms with Crippen LogP contribution in [0.4, 0.5) is 5.69 Å². The second kappa shape index (κ2) is 10.0. The van der Waals surface area contributed by atoms with E-state index in [0.717, 1.165) is 36.9 Å². The van der Waals surface area contributed by atoms with Gasteiger partial charge in [-0.25, -0.2) is 8.42 Å². The van der Waals surface area contributed by atoms with Crippen LogP contribution in [0.25, 0.3) is 0 Å². The smallest absolute Gasteiger partial charge is 0.253 e. The molecule has 0 bridgehead atoms. The lowest BCUT2D eigenvalue weighted by molar-refractivity contribution is 0.0785. The molecule has 1 aliphatic rings. The van der Waals surface area contributed by atoms with E-state index in [2.05, 4.69) is 0 Å². The molecule has 0 N–H and O–H groups in total. The second-order valence-corrected chi connectivity index (χ2v) is 10.5. The number of nitrogens with zero attached hydrogens (tertiary/aromatic N) is 3. The van der Waals surface area contributed by atoms with Crippen molar-refractivity contribution in [3.8, 4) is 0 Å². The van der Waals surface area contributed by atoms with E-state index in [1.54, 1.807) is 18.0 Å². The van der Waals surface area contributed by atoms with Crippen LogP contribution in [0, 0.1) is 0 Å². The predicted molar refractivity (Wildman–Crippen MR) is 125 cm³/mol. The van der Waals surface area contributed by atoms with Gasteiger partial charge in [0.15, 0.2) is 0 Å². The van der Waals surface area contributed by atoms with Crippen molar-refractivity contribution in [1.29, 1.82) is 0 Å². The van der Waals surface area contributed by atoms with Crippen molar-refractivity contribution >= 4 is 33.2 Å². The van der Waals surface area contributed by atoms with Gasteiger partial charge in [-0.3, -0.25) is 4.79 Å². The average molecular weight is 464 g/mol. The zero-order valence-corrected chi connectivity index (χ0v) is 19.9. The number of amides is 1. The van der Waals surface area contributed by atoms with Crippen LogP contribution in [0.2, 0.25) is 5.02 Å². The lowest BCUT2D eigenvalue weighted by atomic mass is 10.1. The number of rotatable bonds is 6. The van der Waals surface area contributed by atoms with Crippen LogP contribution in [-0.4, -0.2) is 57.8 Å². The molecule has 2 aromatic rings. The van der Waals surface area contributed by atoms with Crippen LogP contribution < -0.4 is 4.90 Å². The molecule has 6 nitrogen and oxygen atoms in total. The number of anilines is 1. The molecule has 1 aliphatic heterocycles. The summed E-state index contributed by atoms with van der Waals surface area (Å²) in [5.41, 5.74) is 2.39. The van der Waals surface area contributed by atoms with Crippen molar-refractivity contribution in [3.05, 3.63) is 58.6 Å². The number of hydrogen-bond donors (Lipinski definition) is 0. The first kappa shape index (κ1) is 23.6. The molecule has 1 saturated heterocycles. The van der Waals surface area contributed by atoms with Crippen molar-refractivity contribution in [3.63, 3.8) is 0 Å². The first-order chi connectivity index (χ1) is 14.7. The number of carbonyl (C=O) groups excluding carboxylic acids is 1. The number of benzene rings is 2. The first-order valence-electron chi connectivity index (χ1n) is 10.5. The van der Waals surface area contributed by atoms with Gasteiger partial charge in [0.05, 0.1) is 5.02 Å². The van der Waals surface area contributed by atoms with Gasteiger partial charge in [0.1, 0.15) is 4.90 Å². The van der Waals surface area contributed by atoms with Gasteiger partial charge < -0.3 is 9.80 Å². The minimum absolute atomic E-state index is 0.00523. The fourth-order valence-corrected chi connectivity index (χ4v) is 5.74. The van der Waals surface area contributed by atoms with Gasteiger partial charge in [-0.2, -0.15) is 4.31 Å². The third-order valence-electron chi connectivity index (χ3n) is 5.58. The minimum atomic E-state index is -3.74. The molecule has 1 amide bonds. The molecule has 8 heteroatoms. The summed E-state index contributed by atoms with van der Waals surface area (Å²) in [5, 5.41) is 0.141. The van der Waals surface area contributed by atoms with E-state index in [1.807, 2.05) is 43.3 Å². The van der Waals surface area contributed by atoms with Gasteiger partial charge in [-0.15, -0.1) is 0 Å². The van der Waals surface area contributed by atoms with E-state index >= 15 is 0 Å². The predicted octanol–water partition coefficient (Wildman–Crippen LogP) is 4.24. The highest BCUT2D eigenvalue weighted by Crippen LogP contribution is 2.28. The molecule has 0 aromatic heterocycles. The van der Waals surface area contributed by atoms with Crippen molar-refractivity contribution in [2.24, 2.45) is 0 Å². The summed E-state index contributed by atoms with van der Waals surface area (Å²) in [5.74, 6) is -0.249. The molecular formula is C23H30ClN3O3S. The minimum Gasteiger partial charge on any atom is -0.378 e. The van der Waals surface area contributed by atoms with Crippen molar-refractivity contribution in [2.75, 3.05) is 39.1 Å². The molecule has 3 rings (SSSR count). The summed E-state index contributed by atoms with van der Waals surface area (Å²) >= 11 is 6.26. The second-order valence-electron chi connectivity index (χ2n) is 8.19. The largest absolute Gasteiger partial charge is 0.378 e. The van der Waals surface area contributed by atoms with Crippen LogP contribution in [0.1, 0.15) is 41.6 Å². The monoisotopic (exact) mass is 463 g/mol. The Morgan fingerprint density at radius 3 is 2.16 bits per heavy atom. The van der Waals surface area contributed by atoms with Gasteiger partial charge in [0, 0.05) is 52.0 Å². The molecule has 0 saturated carbocycles. The Bertz CT molecular complexity index is 1010. The summed E-state index contributed by atoms with van der Waals surface area (Å²) in [6.07, 6.45) is 3.73. The molecular weight excluding hydrogens is 434 g/mol. The Morgan fingerprint density at radius 2 is 1.58 bits per heavy atom. The number of hydrogen-bond acceptors (Lipinski definition) is 4. The third-order valence-corrected chi connectivity index (χ3v) is 7.96. The van der Waals surface area contributed by atoms with E-state index in [1.165, 1.54) is 16.4 Å². The summed E-state index contributed by atoms with van der Waals surface area (Å²) < 4.78 is 27.9. The molecule has 0 radical (unpaired) electrons. The summed E-state index contributed by atoms with van der Waals surface area (Å²) in [4.78, 5) is 16.6.